The summed E-state index contributed by atoms with van der Waals surface area (Å²) in [6.07, 6.45) is 6.15. The van der Waals surface area contributed by atoms with Crippen LogP contribution in [-0.2, 0) is 11.3 Å². The fraction of sp³-hybridized carbons (Fsp3) is 0.552. The highest BCUT2D eigenvalue weighted by Crippen LogP contribution is 2.31. The molecular weight excluding hydrogens is 408 g/mol. The number of amides is 1. The summed E-state index contributed by atoms with van der Waals surface area (Å²) < 4.78 is 5.93. The molecule has 0 saturated heterocycles. The standard InChI is InChI=1S/C29H42N2O2/c1-22(2)20-30-16-9-7-6-8-10-17-31(24(5)32)29-15-14-26(18-27(29)21-30)25-12-11-13-28(19-25)33-23(3)4/h11-15,18-19,22-23H,6-10,16-17,20-21H2,1-5H3. The summed E-state index contributed by atoms with van der Waals surface area (Å²) in [5.74, 6) is 1.63. The van der Waals surface area contributed by atoms with Gasteiger partial charge in [0.1, 0.15) is 5.75 Å². The SMILES string of the molecule is CC(=O)N1CCCCCCCN(CC(C)C)Cc2cc(-c3cccc(OC(C)C)c3)ccc21. The number of hydrogen-bond donors (Lipinski definition) is 0. The number of rotatable bonds is 5. The van der Waals surface area contributed by atoms with Crippen LogP contribution in [-0.4, -0.2) is 36.5 Å². The molecule has 0 aliphatic carbocycles. The first kappa shape index (κ1) is 25.3. The second kappa shape index (κ2) is 12.2. The van der Waals surface area contributed by atoms with E-state index >= 15 is 0 Å². The van der Waals surface area contributed by atoms with Crippen molar-refractivity contribution in [1.82, 2.24) is 4.90 Å². The van der Waals surface area contributed by atoms with Crippen molar-refractivity contribution in [2.45, 2.75) is 79.4 Å². The van der Waals surface area contributed by atoms with Gasteiger partial charge in [0.15, 0.2) is 0 Å². The maximum atomic E-state index is 12.6. The zero-order chi connectivity index (χ0) is 23.8. The van der Waals surface area contributed by atoms with Crippen molar-refractivity contribution >= 4 is 11.6 Å². The Morgan fingerprint density at radius 2 is 1.61 bits per heavy atom. The van der Waals surface area contributed by atoms with Gasteiger partial charge >= 0.3 is 0 Å². The van der Waals surface area contributed by atoms with Crippen molar-refractivity contribution < 1.29 is 9.53 Å². The zero-order valence-electron chi connectivity index (χ0n) is 21.3. The van der Waals surface area contributed by atoms with Crippen LogP contribution in [0.1, 0.15) is 72.3 Å². The molecule has 4 nitrogen and oxygen atoms in total. The number of fused-ring (bicyclic) bond motifs is 1. The highest BCUT2D eigenvalue weighted by atomic mass is 16.5. The molecule has 4 heteroatoms. The molecule has 0 unspecified atom stereocenters. The Labute approximate surface area is 200 Å². The average Bonchev–Trinajstić information content (AvgIpc) is 2.74. The minimum atomic E-state index is 0.129. The molecule has 0 atom stereocenters. The molecule has 3 rings (SSSR count). The van der Waals surface area contributed by atoms with Crippen molar-refractivity contribution in [2.75, 3.05) is 24.5 Å². The van der Waals surface area contributed by atoms with Gasteiger partial charge in [-0.15, -0.1) is 0 Å². The van der Waals surface area contributed by atoms with Crippen LogP contribution >= 0.6 is 0 Å². The lowest BCUT2D eigenvalue weighted by Gasteiger charge is -2.30. The molecule has 0 bridgehead atoms. The summed E-state index contributed by atoms with van der Waals surface area (Å²) in [6, 6.07) is 14.9. The van der Waals surface area contributed by atoms with E-state index in [2.05, 4.69) is 55.1 Å². The van der Waals surface area contributed by atoms with E-state index in [0.29, 0.717) is 5.92 Å². The highest BCUT2D eigenvalue weighted by Gasteiger charge is 2.19. The van der Waals surface area contributed by atoms with E-state index in [1.807, 2.05) is 24.8 Å². The van der Waals surface area contributed by atoms with Crippen LogP contribution in [0.5, 0.6) is 5.75 Å². The van der Waals surface area contributed by atoms with Gasteiger partial charge in [-0.2, -0.15) is 0 Å². The van der Waals surface area contributed by atoms with E-state index in [1.165, 1.54) is 36.8 Å². The third-order valence-corrected chi connectivity index (χ3v) is 6.16. The molecule has 2 aromatic rings. The molecule has 0 N–H and O–H groups in total. The quantitative estimate of drug-likeness (QED) is 0.496. The fourth-order valence-electron chi connectivity index (χ4n) is 4.75. The Morgan fingerprint density at radius 1 is 0.909 bits per heavy atom. The molecule has 2 aromatic carbocycles. The van der Waals surface area contributed by atoms with Gasteiger partial charge in [0.05, 0.1) is 6.10 Å². The summed E-state index contributed by atoms with van der Waals surface area (Å²) >= 11 is 0. The van der Waals surface area contributed by atoms with Gasteiger partial charge in [0.25, 0.3) is 0 Å². The summed E-state index contributed by atoms with van der Waals surface area (Å²) in [5, 5.41) is 0. The molecule has 1 aliphatic rings. The van der Waals surface area contributed by atoms with Crippen molar-refractivity contribution in [1.29, 1.82) is 0 Å². The number of carbonyl (C=O) groups is 1. The number of benzene rings is 2. The second-order valence-electron chi connectivity index (χ2n) is 10.1. The summed E-state index contributed by atoms with van der Waals surface area (Å²) in [7, 11) is 0. The smallest absolute Gasteiger partial charge is 0.223 e. The minimum Gasteiger partial charge on any atom is -0.491 e. The third-order valence-electron chi connectivity index (χ3n) is 6.16. The monoisotopic (exact) mass is 450 g/mol. The Bertz CT molecular complexity index is 906. The molecule has 0 aromatic heterocycles. The van der Waals surface area contributed by atoms with Gasteiger partial charge in [0, 0.05) is 32.2 Å². The Morgan fingerprint density at radius 3 is 2.30 bits per heavy atom. The summed E-state index contributed by atoms with van der Waals surface area (Å²) in [6.45, 7) is 14.2. The van der Waals surface area contributed by atoms with Crippen molar-refractivity contribution in [3.8, 4) is 16.9 Å². The molecule has 0 saturated carbocycles. The van der Waals surface area contributed by atoms with Crippen LogP contribution in [0.3, 0.4) is 0 Å². The Balaban J connectivity index is 2.02. The second-order valence-corrected chi connectivity index (χ2v) is 10.1. The van der Waals surface area contributed by atoms with Crippen molar-refractivity contribution in [3.05, 3.63) is 48.0 Å². The van der Waals surface area contributed by atoms with Gasteiger partial charge < -0.3 is 9.64 Å². The van der Waals surface area contributed by atoms with Crippen molar-refractivity contribution in [2.24, 2.45) is 5.92 Å². The minimum absolute atomic E-state index is 0.129. The largest absolute Gasteiger partial charge is 0.491 e. The molecule has 1 heterocycles. The molecule has 0 radical (unpaired) electrons. The summed E-state index contributed by atoms with van der Waals surface area (Å²) in [5.41, 5.74) is 4.61. The molecular formula is C29H42N2O2. The van der Waals surface area contributed by atoms with Gasteiger partial charge in [-0.1, -0.05) is 51.3 Å². The van der Waals surface area contributed by atoms with Crippen molar-refractivity contribution in [3.63, 3.8) is 0 Å². The van der Waals surface area contributed by atoms with Crippen LogP contribution in [0.25, 0.3) is 11.1 Å². The molecule has 1 aliphatic heterocycles. The van der Waals surface area contributed by atoms with E-state index in [-0.39, 0.29) is 12.0 Å². The molecule has 0 spiro atoms. The van der Waals surface area contributed by atoms with E-state index in [4.69, 9.17) is 4.74 Å². The number of nitrogens with zero attached hydrogens (tertiary/aromatic N) is 2. The van der Waals surface area contributed by atoms with Gasteiger partial charge in [-0.05, 0) is 80.1 Å². The lowest BCUT2D eigenvalue weighted by atomic mass is 9.99. The molecule has 180 valence electrons. The van der Waals surface area contributed by atoms with Crippen LogP contribution < -0.4 is 9.64 Å². The first-order chi connectivity index (χ1) is 15.8. The van der Waals surface area contributed by atoms with E-state index < -0.39 is 0 Å². The van der Waals surface area contributed by atoms with Gasteiger partial charge in [-0.25, -0.2) is 0 Å². The molecule has 0 fully saturated rings. The first-order valence-corrected chi connectivity index (χ1v) is 12.7. The van der Waals surface area contributed by atoms with Gasteiger partial charge in [0.2, 0.25) is 5.91 Å². The third kappa shape index (κ3) is 7.60. The predicted octanol–water partition coefficient (Wildman–Crippen LogP) is 6.92. The number of hydrogen-bond acceptors (Lipinski definition) is 3. The van der Waals surface area contributed by atoms with Crippen LogP contribution in [0.2, 0.25) is 0 Å². The van der Waals surface area contributed by atoms with Gasteiger partial charge in [-0.3, -0.25) is 9.69 Å². The number of anilines is 1. The molecule has 33 heavy (non-hydrogen) atoms. The van der Waals surface area contributed by atoms with E-state index in [1.54, 1.807) is 6.92 Å². The fourth-order valence-corrected chi connectivity index (χ4v) is 4.75. The molecule has 1 amide bonds. The average molecular weight is 451 g/mol. The number of carbonyl (C=O) groups excluding carboxylic acids is 1. The first-order valence-electron chi connectivity index (χ1n) is 12.7. The van der Waals surface area contributed by atoms with Crippen LogP contribution in [0.15, 0.2) is 42.5 Å². The lowest BCUT2D eigenvalue weighted by molar-refractivity contribution is -0.116. The zero-order valence-corrected chi connectivity index (χ0v) is 21.3. The maximum absolute atomic E-state index is 12.6. The topological polar surface area (TPSA) is 32.8 Å². The number of ether oxygens (including phenoxy) is 1. The highest BCUT2D eigenvalue weighted by molar-refractivity contribution is 5.92. The lowest BCUT2D eigenvalue weighted by Crippen LogP contribution is -2.33. The maximum Gasteiger partial charge on any atom is 0.223 e. The Kier molecular flexibility index (Phi) is 9.37. The van der Waals surface area contributed by atoms with Crippen LogP contribution in [0, 0.1) is 5.92 Å². The van der Waals surface area contributed by atoms with E-state index in [0.717, 1.165) is 49.6 Å². The van der Waals surface area contributed by atoms with E-state index in [9.17, 15) is 4.79 Å². The summed E-state index contributed by atoms with van der Waals surface area (Å²) in [4.78, 5) is 17.2. The Hall–Kier alpha value is -2.33. The van der Waals surface area contributed by atoms with Crippen LogP contribution in [0.4, 0.5) is 5.69 Å². The predicted molar refractivity (Wildman–Crippen MR) is 139 cm³/mol. The normalized spacial score (nSPS) is 16.3.